The maximum Gasteiger partial charge on any atom is 0.124 e. The molecule has 0 saturated carbocycles. The van der Waals surface area contributed by atoms with E-state index in [4.69, 9.17) is 0 Å². The van der Waals surface area contributed by atoms with Gasteiger partial charge in [-0.05, 0) is 54.8 Å². The molecule has 0 saturated heterocycles. The van der Waals surface area contributed by atoms with Crippen molar-refractivity contribution in [3.05, 3.63) is 63.6 Å². The predicted molar refractivity (Wildman–Crippen MR) is 83.2 cm³/mol. The van der Waals surface area contributed by atoms with Crippen LogP contribution in [-0.4, -0.2) is 11.5 Å². The van der Waals surface area contributed by atoms with E-state index in [1.165, 1.54) is 6.07 Å². The molecule has 1 aromatic heterocycles. The van der Waals surface area contributed by atoms with Crippen molar-refractivity contribution < 1.29 is 4.39 Å². The van der Waals surface area contributed by atoms with E-state index in [1.807, 2.05) is 25.4 Å². The SMILES string of the molecule is CCNC(Cc1cc(F)cc(Br)c1)c1cncc(C)c1. The minimum Gasteiger partial charge on any atom is -0.310 e. The molecular formula is C16H18BrFN2. The summed E-state index contributed by atoms with van der Waals surface area (Å²) in [6, 6.07) is 7.27. The Morgan fingerprint density at radius 3 is 2.70 bits per heavy atom. The second-order valence-corrected chi connectivity index (χ2v) is 5.80. The summed E-state index contributed by atoms with van der Waals surface area (Å²) in [5, 5.41) is 3.44. The highest BCUT2D eigenvalue weighted by molar-refractivity contribution is 9.10. The molecule has 1 aromatic carbocycles. The minimum atomic E-state index is -0.216. The van der Waals surface area contributed by atoms with Crippen molar-refractivity contribution in [2.45, 2.75) is 26.3 Å². The average Bonchev–Trinajstić information content (AvgIpc) is 2.37. The number of halogens is 2. The lowest BCUT2D eigenvalue weighted by molar-refractivity contribution is 0.544. The molecule has 1 heterocycles. The number of aryl methyl sites for hydroxylation is 1. The summed E-state index contributed by atoms with van der Waals surface area (Å²) >= 11 is 3.34. The molecule has 1 atom stereocenters. The zero-order chi connectivity index (χ0) is 14.5. The fourth-order valence-corrected chi connectivity index (χ4v) is 2.80. The van der Waals surface area contributed by atoms with Crippen LogP contribution in [0.5, 0.6) is 0 Å². The Morgan fingerprint density at radius 2 is 2.05 bits per heavy atom. The molecule has 0 spiro atoms. The molecule has 0 aliphatic heterocycles. The van der Waals surface area contributed by atoms with Gasteiger partial charge < -0.3 is 5.32 Å². The number of aromatic nitrogens is 1. The zero-order valence-corrected chi connectivity index (χ0v) is 13.2. The molecule has 0 fully saturated rings. The quantitative estimate of drug-likeness (QED) is 0.885. The molecule has 1 unspecified atom stereocenters. The smallest absolute Gasteiger partial charge is 0.124 e. The second kappa shape index (κ2) is 6.95. The maximum absolute atomic E-state index is 13.5. The van der Waals surface area contributed by atoms with Gasteiger partial charge in [0.25, 0.3) is 0 Å². The van der Waals surface area contributed by atoms with Crippen LogP contribution in [0.3, 0.4) is 0 Å². The lowest BCUT2D eigenvalue weighted by Crippen LogP contribution is -2.23. The zero-order valence-electron chi connectivity index (χ0n) is 11.7. The summed E-state index contributed by atoms with van der Waals surface area (Å²) in [6.45, 7) is 4.95. The van der Waals surface area contributed by atoms with E-state index >= 15 is 0 Å². The molecule has 2 nitrogen and oxygen atoms in total. The van der Waals surface area contributed by atoms with E-state index in [-0.39, 0.29) is 11.9 Å². The van der Waals surface area contributed by atoms with Crippen LogP contribution < -0.4 is 5.32 Å². The van der Waals surface area contributed by atoms with E-state index in [1.54, 1.807) is 6.07 Å². The van der Waals surface area contributed by atoms with Crippen molar-refractivity contribution in [3.63, 3.8) is 0 Å². The van der Waals surface area contributed by atoms with Gasteiger partial charge in [-0.1, -0.05) is 28.9 Å². The molecular weight excluding hydrogens is 319 g/mol. The van der Waals surface area contributed by atoms with Crippen molar-refractivity contribution in [2.75, 3.05) is 6.54 Å². The molecule has 0 radical (unpaired) electrons. The lowest BCUT2D eigenvalue weighted by Gasteiger charge is -2.19. The third-order valence-corrected chi connectivity index (χ3v) is 3.57. The van der Waals surface area contributed by atoms with Gasteiger partial charge in [-0.15, -0.1) is 0 Å². The molecule has 20 heavy (non-hydrogen) atoms. The van der Waals surface area contributed by atoms with Crippen molar-refractivity contribution in [2.24, 2.45) is 0 Å². The van der Waals surface area contributed by atoms with Gasteiger partial charge in [-0.2, -0.15) is 0 Å². The Morgan fingerprint density at radius 1 is 1.25 bits per heavy atom. The highest BCUT2D eigenvalue weighted by Crippen LogP contribution is 2.22. The number of hydrogen-bond donors (Lipinski definition) is 1. The summed E-state index contributed by atoms with van der Waals surface area (Å²) in [5.74, 6) is -0.216. The Balaban J connectivity index is 2.25. The molecule has 0 aliphatic carbocycles. The van der Waals surface area contributed by atoms with Crippen molar-refractivity contribution in [1.29, 1.82) is 0 Å². The third kappa shape index (κ3) is 4.12. The van der Waals surface area contributed by atoms with Crippen molar-refractivity contribution in [1.82, 2.24) is 10.3 Å². The van der Waals surface area contributed by atoms with Gasteiger partial charge >= 0.3 is 0 Å². The fraction of sp³-hybridized carbons (Fsp3) is 0.312. The number of rotatable bonds is 5. The number of pyridine rings is 1. The van der Waals surface area contributed by atoms with Crippen LogP contribution in [0.2, 0.25) is 0 Å². The van der Waals surface area contributed by atoms with Crippen LogP contribution in [0.25, 0.3) is 0 Å². The Hall–Kier alpha value is -1.26. The van der Waals surface area contributed by atoms with E-state index in [0.29, 0.717) is 0 Å². The second-order valence-electron chi connectivity index (χ2n) is 4.89. The summed E-state index contributed by atoms with van der Waals surface area (Å²) < 4.78 is 14.2. The highest BCUT2D eigenvalue weighted by atomic mass is 79.9. The molecule has 106 valence electrons. The normalized spacial score (nSPS) is 12.4. The number of hydrogen-bond acceptors (Lipinski definition) is 2. The van der Waals surface area contributed by atoms with Gasteiger partial charge in [0.05, 0.1) is 0 Å². The number of likely N-dealkylation sites (N-methyl/N-ethyl adjacent to an activating group) is 1. The van der Waals surface area contributed by atoms with Gasteiger partial charge in [0.1, 0.15) is 5.82 Å². The maximum atomic E-state index is 13.5. The number of nitrogens with zero attached hydrogens (tertiary/aromatic N) is 1. The van der Waals surface area contributed by atoms with Crippen LogP contribution in [0, 0.1) is 12.7 Å². The predicted octanol–water partition coefficient (Wildman–Crippen LogP) is 4.18. The molecule has 2 rings (SSSR count). The van der Waals surface area contributed by atoms with E-state index in [2.05, 4.69) is 39.2 Å². The largest absolute Gasteiger partial charge is 0.310 e. The van der Waals surface area contributed by atoms with Crippen LogP contribution in [0.15, 0.2) is 41.1 Å². The van der Waals surface area contributed by atoms with E-state index in [0.717, 1.165) is 34.1 Å². The molecule has 0 amide bonds. The first-order valence-corrected chi connectivity index (χ1v) is 7.47. The Bertz CT molecular complexity index is 566. The molecule has 0 bridgehead atoms. The number of benzene rings is 1. The molecule has 2 aromatic rings. The third-order valence-electron chi connectivity index (χ3n) is 3.11. The summed E-state index contributed by atoms with van der Waals surface area (Å²) in [5.41, 5.74) is 3.22. The van der Waals surface area contributed by atoms with Crippen LogP contribution >= 0.6 is 15.9 Å². The van der Waals surface area contributed by atoms with Gasteiger partial charge in [0, 0.05) is 22.9 Å². The van der Waals surface area contributed by atoms with Crippen LogP contribution in [0.4, 0.5) is 4.39 Å². The molecule has 1 N–H and O–H groups in total. The van der Waals surface area contributed by atoms with Gasteiger partial charge in [0.2, 0.25) is 0 Å². The van der Waals surface area contributed by atoms with E-state index in [9.17, 15) is 4.39 Å². The van der Waals surface area contributed by atoms with Crippen molar-refractivity contribution >= 4 is 15.9 Å². The topological polar surface area (TPSA) is 24.9 Å². The Labute approximate surface area is 127 Å². The Kier molecular flexibility index (Phi) is 5.26. The van der Waals surface area contributed by atoms with Gasteiger partial charge in [-0.3, -0.25) is 4.98 Å². The minimum absolute atomic E-state index is 0.140. The first kappa shape index (κ1) is 15.1. The summed E-state index contributed by atoms with van der Waals surface area (Å²) in [6.07, 6.45) is 4.44. The fourth-order valence-electron chi connectivity index (χ4n) is 2.29. The van der Waals surface area contributed by atoms with Crippen LogP contribution in [0.1, 0.15) is 29.7 Å². The average molecular weight is 337 g/mol. The lowest BCUT2D eigenvalue weighted by atomic mass is 9.99. The molecule has 0 aliphatic rings. The van der Waals surface area contributed by atoms with Crippen LogP contribution in [-0.2, 0) is 6.42 Å². The molecule has 4 heteroatoms. The van der Waals surface area contributed by atoms with Gasteiger partial charge in [-0.25, -0.2) is 4.39 Å². The first-order valence-electron chi connectivity index (χ1n) is 6.68. The summed E-state index contributed by atoms with van der Waals surface area (Å²) in [7, 11) is 0. The van der Waals surface area contributed by atoms with E-state index < -0.39 is 0 Å². The van der Waals surface area contributed by atoms with Gasteiger partial charge in [0.15, 0.2) is 0 Å². The number of nitrogens with one attached hydrogen (secondary N) is 1. The van der Waals surface area contributed by atoms with Crippen molar-refractivity contribution in [3.8, 4) is 0 Å². The highest BCUT2D eigenvalue weighted by Gasteiger charge is 2.12. The summed E-state index contributed by atoms with van der Waals surface area (Å²) in [4.78, 5) is 4.24. The monoisotopic (exact) mass is 336 g/mol. The first-order chi connectivity index (χ1) is 9.58. The standard InChI is InChI=1S/C16H18BrFN2/c1-3-20-16(13-4-11(2)9-19-10-13)7-12-5-14(17)8-15(18)6-12/h4-6,8-10,16,20H,3,7H2,1-2H3.